The van der Waals surface area contributed by atoms with Crippen LogP contribution in [0.15, 0.2) is 46.1 Å². The smallest absolute Gasteiger partial charge is 0.328 e. The SMILES string of the molecule is CN(C)[C@@H](CNC(=O)Cn1ccc(=O)[nH]c1=O)c1ccccc1Cl. The van der Waals surface area contributed by atoms with Crippen molar-refractivity contribution in [2.24, 2.45) is 0 Å². The number of amides is 1. The largest absolute Gasteiger partial charge is 0.353 e. The molecule has 0 saturated heterocycles. The Morgan fingerprint density at radius 1 is 1.29 bits per heavy atom. The van der Waals surface area contributed by atoms with Gasteiger partial charge in [-0.15, -0.1) is 0 Å². The molecule has 1 heterocycles. The number of carbonyl (C=O) groups excluding carboxylic acids is 1. The zero-order valence-electron chi connectivity index (χ0n) is 13.5. The molecule has 128 valence electrons. The van der Waals surface area contributed by atoms with Crippen LogP contribution in [-0.2, 0) is 11.3 Å². The number of hydrogen-bond acceptors (Lipinski definition) is 4. The van der Waals surface area contributed by atoms with E-state index in [1.165, 1.54) is 12.3 Å². The van der Waals surface area contributed by atoms with E-state index >= 15 is 0 Å². The summed E-state index contributed by atoms with van der Waals surface area (Å²) in [5.74, 6) is -0.331. The molecule has 1 aromatic heterocycles. The maximum atomic E-state index is 12.1. The van der Waals surface area contributed by atoms with Crippen molar-refractivity contribution < 1.29 is 4.79 Å². The number of carbonyl (C=O) groups is 1. The minimum absolute atomic E-state index is 0.102. The van der Waals surface area contributed by atoms with Crippen LogP contribution in [0, 0.1) is 0 Å². The van der Waals surface area contributed by atoms with E-state index in [1.54, 1.807) is 6.07 Å². The van der Waals surface area contributed by atoms with E-state index in [4.69, 9.17) is 11.6 Å². The molecule has 0 aliphatic carbocycles. The summed E-state index contributed by atoms with van der Waals surface area (Å²) in [7, 11) is 3.79. The summed E-state index contributed by atoms with van der Waals surface area (Å²) < 4.78 is 1.14. The second kappa shape index (κ2) is 7.94. The van der Waals surface area contributed by atoms with Gasteiger partial charge in [-0.3, -0.25) is 19.1 Å². The molecule has 0 unspecified atom stereocenters. The number of rotatable bonds is 6. The molecule has 7 nitrogen and oxygen atoms in total. The Morgan fingerprint density at radius 2 is 2.00 bits per heavy atom. The van der Waals surface area contributed by atoms with Gasteiger partial charge in [0.2, 0.25) is 5.91 Å². The van der Waals surface area contributed by atoms with Crippen LogP contribution in [0.3, 0.4) is 0 Å². The lowest BCUT2D eigenvalue weighted by Crippen LogP contribution is -2.39. The Bertz CT molecular complexity index is 828. The van der Waals surface area contributed by atoms with Crippen LogP contribution in [0.2, 0.25) is 5.02 Å². The number of halogens is 1. The fourth-order valence-electron chi connectivity index (χ4n) is 2.31. The molecule has 1 aromatic carbocycles. The number of nitrogens with zero attached hydrogens (tertiary/aromatic N) is 2. The van der Waals surface area contributed by atoms with Crippen LogP contribution in [0.4, 0.5) is 0 Å². The molecular weight excluding hydrogens is 332 g/mol. The van der Waals surface area contributed by atoms with Crippen molar-refractivity contribution in [2.75, 3.05) is 20.6 Å². The van der Waals surface area contributed by atoms with Gasteiger partial charge in [-0.1, -0.05) is 29.8 Å². The van der Waals surface area contributed by atoms with Gasteiger partial charge in [-0.25, -0.2) is 4.79 Å². The zero-order chi connectivity index (χ0) is 17.7. The number of aromatic amines is 1. The number of benzene rings is 1. The Morgan fingerprint density at radius 3 is 2.62 bits per heavy atom. The summed E-state index contributed by atoms with van der Waals surface area (Å²) in [4.78, 5) is 38.7. The van der Waals surface area contributed by atoms with E-state index in [0.29, 0.717) is 11.6 Å². The highest BCUT2D eigenvalue weighted by Crippen LogP contribution is 2.25. The van der Waals surface area contributed by atoms with Crippen LogP contribution in [0.1, 0.15) is 11.6 Å². The lowest BCUT2D eigenvalue weighted by molar-refractivity contribution is -0.121. The third-order valence-corrected chi connectivity index (χ3v) is 3.94. The van der Waals surface area contributed by atoms with Gasteiger partial charge in [0.15, 0.2) is 0 Å². The van der Waals surface area contributed by atoms with E-state index in [1.807, 2.05) is 37.2 Å². The predicted molar refractivity (Wildman–Crippen MR) is 92.2 cm³/mol. The number of hydrogen-bond donors (Lipinski definition) is 2. The minimum atomic E-state index is -0.618. The molecule has 0 bridgehead atoms. The highest BCUT2D eigenvalue weighted by molar-refractivity contribution is 6.31. The molecule has 0 saturated carbocycles. The van der Waals surface area contributed by atoms with Gasteiger partial charge >= 0.3 is 5.69 Å². The Balaban J connectivity index is 2.04. The quantitative estimate of drug-likeness (QED) is 0.799. The summed E-state index contributed by atoms with van der Waals surface area (Å²) in [6, 6.07) is 8.54. The minimum Gasteiger partial charge on any atom is -0.353 e. The first kappa shape index (κ1) is 18.0. The molecule has 1 amide bonds. The number of likely N-dealkylation sites (N-methyl/N-ethyl adjacent to an activating group) is 1. The van der Waals surface area contributed by atoms with Gasteiger partial charge in [0.05, 0.1) is 6.04 Å². The van der Waals surface area contributed by atoms with E-state index in [2.05, 4.69) is 10.3 Å². The lowest BCUT2D eigenvalue weighted by atomic mass is 10.1. The third-order valence-electron chi connectivity index (χ3n) is 3.59. The second-order valence-corrected chi connectivity index (χ2v) is 5.95. The number of nitrogens with one attached hydrogen (secondary N) is 2. The van der Waals surface area contributed by atoms with Crippen LogP contribution >= 0.6 is 11.6 Å². The van der Waals surface area contributed by atoms with Gasteiger partial charge in [0.1, 0.15) is 6.54 Å². The van der Waals surface area contributed by atoms with Gasteiger partial charge in [-0.2, -0.15) is 0 Å². The summed E-state index contributed by atoms with van der Waals surface area (Å²) in [6.45, 7) is 0.173. The van der Waals surface area contributed by atoms with Crippen LogP contribution in [-0.4, -0.2) is 41.0 Å². The van der Waals surface area contributed by atoms with E-state index in [0.717, 1.165) is 10.1 Å². The molecule has 24 heavy (non-hydrogen) atoms. The Labute approximate surface area is 143 Å². The van der Waals surface area contributed by atoms with E-state index in [-0.39, 0.29) is 18.5 Å². The summed E-state index contributed by atoms with van der Waals surface area (Å²) >= 11 is 6.23. The average Bonchev–Trinajstić information content (AvgIpc) is 2.51. The molecule has 0 fully saturated rings. The van der Waals surface area contributed by atoms with Crippen molar-refractivity contribution >= 4 is 17.5 Å². The van der Waals surface area contributed by atoms with Gasteiger partial charge in [0, 0.05) is 23.8 Å². The highest BCUT2D eigenvalue weighted by atomic mass is 35.5. The van der Waals surface area contributed by atoms with Crippen molar-refractivity contribution in [1.29, 1.82) is 0 Å². The topological polar surface area (TPSA) is 87.2 Å². The zero-order valence-corrected chi connectivity index (χ0v) is 14.2. The Kier molecular flexibility index (Phi) is 5.94. The first-order valence-electron chi connectivity index (χ1n) is 7.36. The van der Waals surface area contributed by atoms with Gasteiger partial charge < -0.3 is 10.2 Å². The van der Waals surface area contributed by atoms with Crippen molar-refractivity contribution in [1.82, 2.24) is 19.8 Å². The maximum Gasteiger partial charge on any atom is 0.328 e. The molecule has 2 rings (SSSR count). The fraction of sp³-hybridized carbons (Fsp3) is 0.312. The average molecular weight is 351 g/mol. The molecule has 1 atom stereocenters. The van der Waals surface area contributed by atoms with Crippen LogP contribution in [0.25, 0.3) is 0 Å². The summed E-state index contributed by atoms with van der Waals surface area (Å²) in [5, 5.41) is 3.42. The molecule has 2 N–H and O–H groups in total. The first-order chi connectivity index (χ1) is 11.4. The summed E-state index contributed by atoms with van der Waals surface area (Å²) in [5.41, 5.74) is -0.207. The normalized spacial score (nSPS) is 12.2. The number of H-pyrrole nitrogens is 1. The van der Waals surface area contributed by atoms with Gasteiger partial charge in [0.25, 0.3) is 5.56 Å². The standard InChI is InChI=1S/C16H19ClN4O3/c1-20(2)13(11-5-3-4-6-12(11)17)9-18-15(23)10-21-8-7-14(22)19-16(21)24/h3-8,13H,9-10H2,1-2H3,(H,18,23)(H,19,22,24)/t13-/m0/s1. The van der Waals surface area contributed by atoms with Crippen molar-refractivity contribution in [3.8, 4) is 0 Å². The second-order valence-electron chi connectivity index (χ2n) is 5.54. The van der Waals surface area contributed by atoms with Crippen molar-refractivity contribution in [3.63, 3.8) is 0 Å². The van der Waals surface area contributed by atoms with Crippen molar-refractivity contribution in [2.45, 2.75) is 12.6 Å². The number of aromatic nitrogens is 2. The molecule has 2 aromatic rings. The molecule has 0 aliphatic rings. The Hall–Kier alpha value is -2.38. The van der Waals surface area contributed by atoms with E-state index < -0.39 is 11.2 Å². The first-order valence-corrected chi connectivity index (χ1v) is 7.73. The lowest BCUT2D eigenvalue weighted by Gasteiger charge is -2.26. The molecule has 0 radical (unpaired) electrons. The maximum absolute atomic E-state index is 12.1. The van der Waals surface area contributed by atoms with Crippen LogP contribution < -0.4 is 16.6 Å². The molecule has 0 aliphatic heterocycles. The van der Waals surface area contributed by atoms with Gasteiger partial charge in [-0.05, 0) is 25.7 Å². The molecule has 8 heteroatoms. The highest BCUT2D eigenvalue weighted by Gasteiger charge is 2.18. The summed E-state index contributed by atoms with van der Waals surface area (Å²) in [6.07, 6.45) is 1.29. The third kappa shape index (κ3) is 4.56. The predicted octanol–water partition coefficient (Wildman–Crippen LogP) is 0.609. The monoisotopic (exact) mass is 350 g/mol. The van der Waals surface area contributed by atoms with Crippen molar-refractivity contribution in [3.05, 3.63) is 68.0 Å². The van der Waals surface area contributed by atoms with Crippen LogP contribution in [0.5, 0.6) is 0 Å². The fourth-order valence-corrected chi connectivity index (χ4v) is 2.57. The molecular formula is C16H19ClN4O3. The van der Waals surface area contributed by atoms with E-state index in [9.17, 15) is 14.4 Å². The molecule has 0 spiro atoms.